The van der Waals surface area contributed by atoms with Gasteiger partial charge in [0.15, 0.2) is 0 Å². The van der Waals surface area contributed by atoms with Gasteiger partial charge >= 0.3 is 0 Å². The van der Waals surface area contributed by atoms with Crippen LogP contribution in [0, 0.1) is 23.7 Å². The van der Waals surface area contributed by atoms with Crippen LogP contribution in [0.5, 0.6) is 5.75 Å². The van der Waals surface area contributed by atoms with Crippen molar-refractivity contribution in [3.8, 4) is 11.8 Å². The van der Waals surface area contributed by atoms with Crippen LogP contribution in [-0.4, -0.2) is 7.11 Å². The molecule has 1 aliphatic carbocycles. The number of hydrogen-bond acceptors (Lipinski definition) is 2. The molecule has 19 heavy (non-hydrogen) atoms. The average molecular weight is 257 g/mol. The van der Waals surface area contributed by atoms with E-state index in [2.05, 4.69) is 32.9 Å². The lowest BCUT2D eigenvalue weighted by molar-refractivity contribution is 0.0465. The van der Waals surface area contributed by atoms with E-state index in [9.17, 15) is 5.26 Å². The van der Waals surface area contributed by atoms with Crippen LogP contribution in [0.2, 0.25) is 0 Å². The second-order valence-electron chi connectivity index (χ2n) is 5.96. The van der Waals surface area contributed by atoms with Crippen molar-refractivity contribution in [1.29, 1.82) is 5.26 Å². The van der Waals surface area contributed by atoms with Gasteiger partial charge in [-0.3, -0.25) is 0 Å². The van der Waals surface area contributed by atoms with Gasteiger partial charge < -0.3 is 4.74 Å². The summed E-state index contributed by atoms with van der Waals surface area (Å²) in [4.78, 5) is 0. The Morgan fingerprint density at radius 1 is 1.26 bits per heavy atom. The Bertz CT molecular complexity index is 500. The van der Waals surface area contributed by atoms with Crippen molar-refractivity contribution in [2.75, 3.05) is 7.11 Å². The van der Waals surface area contributed by atoms with Crippen molar-refractivity contribution in [3.63, 3.8) is 0 Å². The van der Waals surface area contributed by atoms with Crippen molar-refractivity contribution >= 4 is 0 Å². The van der Waals surface area contributed by atoms with Crippen molar-refractivity contribution in [1.82, 2.24) is 0 Å². The first-order chi connectivity index (χ1) is 9.04. The lowest BCUT2D eigenvalue weighted by Gasteiger charge is -2.53. The van der Waals surface area contributed by atoms with Gasteiger partial charge in [-0.2, -0.15) is 5.26 Å². The van der Waals surface area contributed by atoms with Crippen molar-refractivity contribution < 1.29 is 4.74 Å². The summed E-state index contributed by atoms with van der Waals surface area (Å²) < 4.78 is 5.47. The van der Waals surface area contributed by atoms with E-state index in [0.717, 1.165) is 37.0 Å². The minimum atomic E-state index is -0.344. The molecule has 1 fully saturated rings. The van der Waals surface area contributed by atoms with Crippen molar-refractivity contribution in [2.24, 2.45) is 5.41 Å². The summed E-state index contributed by atoms with van der Waals surface area (Å²) in [6.45, 7) is 6.54. The van der Waals surface area contributed by atoms with E-state index in [1.807, 2.05) is 12.1 Å². The van der Waals surface area contributed by atoms with E-state index in [0.29, 0.717) is 5.41 Å². The summed E-state index contributed by atoms with van der Waals surface area (Å²) in [6.07, 6.45) is 4.23. The number of aryl methyl sites for hydroxylation is 1. The molecule has 102 valence electrons. The lowest BCUT2D eigenvalue weighted by Crippen LogP contribution is -2.48. The Morgan fingerprint density at radius 3 is 2.37 bits per heavy atom. The number of hydrogen-bond donors (Lipinski definition) is 0. The third-order valence-corrected chi connectivity index (χ3v) is 4.94. The van der Waals surface area contributed by atoms with Gasteiger partial charge in [-0.15, -0.1) is 0 Å². The van der Waals surface area contributed by atoms with Gasteiger partial charge in [0, 0.05) is 5.56 Å². The van der Waals surface area contributed by atoms with Crippen LogP contribution >= 0.6 is 0 Å². The molecule has 1 aliphatic rings. The second kappa shape index (κ2) is 4.89. The minimum Gasteiger partial charge on any atom is -0.496 e. The Kier molecular flexibility index (Phi) is 3.58. The first-order valence-electron chi connectivity index (χ1n) is 7.11. The monoisotopic (exact) mass is 257 g/mol. The zero-order valence-electron chi connectivity index (χ0n) is 12.4. The fourth-order valence-electron chi connectivity index (χ4n) is 3.50. The maximum Gasteiger partial charge on any atom is 0.123 e. The molecule has 0 heterocycles. The smallest absolute Gasteiger partial charge is 0.123 e. The highest BCUT2D eigenvalue weighted by Crippen LogP contribution is 2.60. The van der Waals surface area contributed by atoms with Crippen LogP contribution < -0.4 is 4.74 Å². The summed E-state index contributed by atoms with van der Waals surface area (Å²) in [5.41, 5.74) is 2.28. The van der Waals surface area contributed by atoms with Crippen LogP contribution in [-0.2, 0) is 5.41 Å². The molecule has 0 bridgehead atoms. The molecule has 2 nitrogen and oxygen atoms in total. The number of nitrogens with zero attached hydrogens (tertiary/aromatic N) is 1. The second-order valence-corrected chi connectivity index (χ2v) is 5.96. The summed E-state index contributed by atoms with van der Waals surface area (Å²) in [5, 5.41) is 9.72. The molecular weight excluding hydrogens is 234 g/mol. The molecule has 1 saturated carbocycles. The van der Waals surface area contributed by atoms with E-state index < -0.39 is 0 Å². The van der Waals surface area contributed by atoms with Gasteiger partial charge in [0.05, 0.1) is 18.6 Å². The maximum atomic E-state index is 9.72. The molecule has 0 spiro atoms. The van der Waals surface area contributed by atoms with Gasteiger partial charge in [-0.05, 0) is 31.2 Å². The normalized spacial score (nSPS) is 19.3. The number of methoxy groups -OCH3 is 1. The average Bonchev–Trinajstić information content (AvgIpc) is 2.40. The van der Waals surface area contributed by atoms with Gasteiger partial charge in [-0.1, -0.05) is 44.4 Å². The van der Waals surface area contributed by atoms with Crippen molar-refractivity contribution in [3.05, 3.63) is 29.3 Å². The Hall–Kier alpha value is -1.49. The maximum absolute atomic E-state index is 9.72. The molecule has 0 aromatic heterocycles. The predicted octanol–water partition coefficient (Wildman–Crippen LogP) is 4.37. The van der Waals surface area contributed by atoms with Gasteiger partial charge in [-0.25, -0.2) is 0 Å². The van der Waals surface area contributed by atoms with E-state index in [4.69, 9.17) is 4.74 Å². The third-order valence-electron chi connectivity index (χ3n) is 4.94. The van der Waals surface area contributed by atoms with Crippen molar-refractivity contribution in [2.45, 2.75) is 51.9 Å². The first kappa shape index (κ1) is 13.9. The zero-order chi connectivity index (χ0) is 14.1. The standard InChI is InChI=1S/C17H23NO/c1-5-16(6-2)10-17(11-16,12-18)14-9-13(3)7-8-15(14)19-4/h7-9H,5-6,10-11H2,1-4H3. The Morgan fingerprint density at radius 2 is 1.89 bits per heavy atom. The highest BCUT2D eigenvalue weighted by Gasteiger charge is 2.54. The third kappa shape index (κ3) is 2.12. The molecule has 2 heteroatoms. The molecule has 2 rings (SSSR count). The molecule has 0 aliphatic heterocycles. The Labute approximate surface area is 116 Å². The number of ether oxygens (including phenoxy) is 1. The number of benzene rings is 1. The summed E-state index contributed by atoms with van der Waals surface area (Å²) >= 11 is 0. The summed E-state index contributed by atoms with van der Waals surface area (Å²) in [7, 11) is 1.69. The largest absolute Gasteiger partial charge is 0.496 e. The highest BCUT2D eigenvalue weighted by molar-refractivity contribution is 5.48. The molecule has 0 unspecified atom stereocenters. The quantitative estimate of drug-likeness (QED) is 0.802. The lowest BCUT2D eigenvalue weighted by atomic mass is 9.49. The fourth-order valence-corrected chi connectivity index (χ4v) is 3.50. The van der Waals surface area contributed by atoms with Crippen LogP contribution in [0.3, 0.4) is 0 Å². The first-order valence-corrected chi connectivity index (χ1v) is 7.11. The highest BCUT2D eigenvalue weighted by atomic mass is 16.5. The fraction of sp³-hybridized carbons (Fsp3) is 0.588. The minimum absolute atomic E-state index is 0.344. The Balaban J connectivity index is 2.41. The number of nitriles is 1. The molecule has 0 N–H and O–H groups in total. The van der Waals surface area contributed by atoms with E-state index >= 15 is 0 Å². The number of rotatable bonds is 4. The molecule has 0 atom stereocenters. The van der Waals surface area contributed by atoms with Crippen LogP contribution in [0.15, 0.2) is 18.2 Å². The molecule has 1 aromatic carbocycles. The van der Waals surface area contributed by atoms with E-state index in [1.54, 1.807) is 7.11 Å². The van der Waals surface area contributed by atoms with Gasteiger partial charge in [0.2, 0.25) is 0 Å². The topological polar surface area (TPSA) is 33.0 Å². The molecule has 0 amide bonds. The van der Waals surface area contributed by atoms with Gasteiger partial charge in [0.25, 0.3) is 0 Å². The predicted molar refractivity (Wildman–Crippen MR) is 77.3 cm³/mol. The summed E-state index contributed by atoms with van der Waals surface area (Å²) in [5.74, 6) is 0.855. The van der Waals surface area contributed by atoms with Crippen LogP contribution in [0.4, 0.5) is 0 Å². The van der Waals surface area contributed by atoms with Gasteiger partial charge in [0.1, 0.15) is 5.75 Å². The van der Waals surface area contributed by atoms with E-state index in [-0.39, 0.29) is 5.41 Å². The molecular formula is C17H23NO. The zero-order valence-corrected chi connectivity index (χ0v) is 12.4. The molecule has 0 saturated heterocycles. The summed E-state index contributed by atoms with van der Waals surface area (Å²) in [6, 6.07) is 8.73. The SMILES string of the molecule is CCC1(CC)CC(C#N)(c2cc(C)ccc2OC)C1. The molecule has 0 radical (unpaired) electrons. The van der Waals surface area contributed by atoms with E-state index in [1.165, 1.54) is 5.56 Å². The van der Waals surface area contributed by atoms with Crippen LogP contribution in [0.1, 0.15) is 50.7 Å². The molecule has 1 aromatic rings. The van der Waals surface area contributed by atoms with Crippen LogP contribution in [0.25, 0.3) is 0 Å².